The fourth-order valence-corrected chi connectivity index (χ4v) is 2.77. The molecule has 0 bridgehead atoms. The van der Waals surface area contributed by atoms with Crippen molar-refractivity contribution in [2.75, 3.05) is 0 Å². The van der Waals surface area contributed by atoms with Gasteiger partial charge >= 0.3 is 0 Å². The van der Waals surface area contributed by atoms with Gasteiger partial charge in [-0.1, -0.05) is 23.2 Å². The molecule has 0 unspecified atom stereocenters. The molecule has 1 saturated carbocycles. The number of benzene rings is 1. The zero-order valence-electron chi connectivity index (χ0n) is 10.3. The minimum atomic E-state index is -1.30. The summed E-state index contributed by atoms with van der Waals surface area (Å²) in [5, 5.41) is -0.00785. The molecule has 0 aliphatic heterocycles. The number of Topliss-reactive ketones (excluding diaryl/α,β-unsaturated/α-hetero) is 3. The van der Waals surface area contributed by atoms with E-state index in [2.05, 4.69) is 0 Å². The van der Waals surface area contributed by atoms with Crippen LogP contribution < -0.4 is 0 Å². The van der Waals surface area contributed by atoms with E-state index >= 15 is 0 Å². The summed E-state index contributed by atoms with van der Waals surface area (Å²) in [6, 6.07) is 2.68. The third-order valence-electron chi connectivity index (χ3n) is 3.26. The lowest BCUT2D eigenvalue weighted by Gasteiger charge is -2.19. The first-order valence-electron chi connectivity index (χ1n) is 6.00. The molecule has 0 heterocycles. The average molecular weight is 313 g/mol. The Balaban J connectivity index is 2.46. The van der Waals surface area contributed by atoms with E-state index in [1.807, 2.05) is 0 Å². The average Bonchev–Trinajstić information content (AvgIpc) is 2.39. The van der Waals surface area contributed by atoms with Gasteiger partial charge in [0.25, 0.3) is 0 Å². The molecule has 6 heteroatoms. The van der Waals surface area contributed by atoms with Crippen LogP contribution in [0.4, 0.5) is 0 Å². The minimum absolute atomic E-state index is 0.0186. The number of carbonyl (C=O) groups excluding carboxylic acids is 4. The van der Waals surface area contributed by atoms with Crippen LogP contribution in [0.2, 0.25) is 10.0 Å². The second kappa shape index (κ2) is 5.85. The van der Waals surface area contributed by atoms with Gasteiger partial charge in [-0.15, -0.1) is 0 Å². The first kappa shape index (κ1) is 14.9. The molecular formula is C14H10Cl2O4. The van der Waals surface area contributed by atoms with Crippen LogP contribution in [0.25, 0.3) is 0 Å². The molecule has 104 valence electrons. The highest BCUT2D eigenvalue weighted by molar-refractivity contribution is 6.41. The van der Waals surface area contributed by atoms with Crippen LogP contribution in [0.1, 0.15) is 40.0 Å². The molecule has 1 aliphatic rings. The van der Waals surface area contributed by atoms with Crippen LogP contribution in [-0.2, 0) is 9.59 Å². The van der Waals surface area contributed by atoms with Crippen LogP contribution in [0.15, 0.2) is 12.1 Å². The van der Waals surface area contributed by atoms with Crippen molar-refractivity contribution in [2.45, 2.75) is 19.3 Å². The molecule has 0 amide bonds. The van der Waals surface area contributed by atoms with E-state index in [4.69, 9.17) is 23.2 Å². The number of halogens is 2. The van der Waals surface area contributed by atoms with Crippen molar-refractivity contribution in [3.05, 3.63) is 33.3 Å². The van der Waals surface area contributed by atoms with Crippen LogP contribution in [0.5, 0.6) is 0 Å². The number of rotatable bonds is 3. The summed E-state index contributed by atoms with van der Waals surface area (Å²) >= 11 is 11.8. The van der Waals surface area contributed by atoms with Crippen LogP contribution in [-0.4, -0.2) is 23.6 Å². The monoisotopic (exact) mass is 312 g/mol. The van der Waals surface area contributed by atoms with Crippen LogP contribution in [0.3, 0.4) is 0 Å². The summed E-state index contributed by atoms with van der Waals surface area (Å²) < 4.78 is 0. The Labute approximate surface area is 125 Å². The van der Waals surface area contributed by atoms with E-state index in [1.165, 1.54) is 12.1 Å². The smallest absolute Gasteiger partial charge is 0.182 e. The molecule has 1 fully saturated rings. The van der Waals surface area contributed by atoms with Gasteiger partial charge in [-0.05, 0) is 18.6 Å². The molecule has 0 N–H and O–H groups in total. The standard InChI is InChI=1S/C14H10Cl2O4/c15-9-5-4-7(13(16)8(9)6-17)14(20)12-10(18)2-1-3-11(12)19/h4-6,12H,1-3H2. The first-order chi connectivity index (χ1) is 9.47. The van der Waals surface area contributed by atoms with E-state index in [0.717, 1.165) is 0 Å². The van der Waals surface area contributed by atoms with Gasteiger partial charge in [-0.3, -0.25) is 19.2 Å². The number of carbonyl (C=O) groups is 4. The molecule has 4 nitrogen and oxygen atoms in total. The summed E-state index contributed by atoms with van der Waals surface area (Å²) in [5.41, 5.74) is -0.0401. The van der Waals surface area contributed by atoms with Gasteiger partial charge in [0.1, 0.15) is 5.92 Å². The fraction of sp³-hybridized carbons (Fsp3) is 0.286. The van der Waals surface area contributed by atoms with Gasteiger partial charge in [0.15, 0.2) is 23.6 Å². The topological polar surface area (TPSA) is 68.3 Å². The first-order valence-corrected chi connectivity index (χ1v) is 6.75. The summed E-state index contributed by atoms with van der Waals surface area (Å²) in [6.07, 6.45) is 1.31. The van der Waals surface area contributed by atoms with Crippen molar-refractivity contribution in [1.29, 1.82) is 0 Å². The van der Waals surface area contributed by atoms with Gasteiger partial charge in [-0.25, -0.2) is 0 Å². The zero-order chi connectivity index (χ0) is 14.9. The fourth-order valence-electron chi connectivity index (χ4n) is 2.22. The van der Waals surface area contributed by atoms with Crippen molar-refractivity contribution >= 4 is 46.8 Å². The Morgan fingerprint density at radius 2 is 1.75 bits per heavy atom. The molecule has 0 aromatic heterocycles. The van der Waals surface area contributed by atoms with E-state index in [9.17, 15) is 19.2 Å². The molecule has 0 atom stereocenters. The third-order valence-corrected chi connectivity index (χ3v) is 4.00. The summed E-state index contributed by atoms with van der Waals surface area (Å²) in [6.45, 7) is 0. The lowest BCUT2D eigenvalue weighted by atomic mass is 9.81. The van der Waals surface area contributed by atoms with Gasteiger partial charge < -0.3 is 0 Å². The van der Waals surface area contributed by atoms with Gasteiger partial charge in [0, 0.05) is 18.4 Å². The van der Waals surface area contributed by atoms with Crippen molar-refractivity contribution in [3.8, 4) is 0 Å². The second-order valence-corrected chi connectivity index (χ2v) is 5.31. The number of hydrogen-bond acceptors (Lipinski definition) is 4. The highest BCUT2D eigenvalue weighted by atomic mass is 35.5. The van der Waals surface area contributed by atoms with E-state index < -0.39 is 23.3 Å². The molecule has 20 heavy (non-hydrogen) atoms. The summed E-state index contributed by atoms with van der Waals surface area (Å²) in [4.78, 5) is 46.8. The van der Waals surface area contributed by atoms with Crippen molar-refractivity contribution in [3.63, 3.8) is 0 Å². The summed E-state index contributed by atoms with van der Waals surface area (Å²) in [7, 11) is 0. The predicted molar refractivity (Wildman–Crippen MR) is 73.5 cm³/mol. The molecule has 0 saturated heterocycles. The molecule has 2 rings (SSSR count). The van der Waals surface area contributed by atoms with Crippen molar-refractivity contribution in [1.82, 2.24) is 0 Å². The van der Waals surface area contributed by atoms with Crippen molar-refractivity contribution in [2.24, 2.45) is 5.92 Å². The quantitative estimate of drug-likeness (QED) is 0.489. The SMILES string of the molecule is O=Cc1c(Cl)ccc(C(=O)C2C(=O)CCCC2=O)c1Cl. The molecular weight excluding hydrogens is 303 g/mol. The van der Waals surface area contributed by atoms with Gasteiger partial charge in [-0.2, -0.15) is 0 Å². The predicted octanol–water partition coefficient (Wildman–Crippen LogP) is 2.93. The normalized spacial score (nSPS) is 16.3. The zero-order valence-corrected chi connectivity index (χ0v) is 11.8. The highest BCUT2D eigenvalue weighted by Crippen LogP contribution is 2.30. The number of aldehydes is 1. The molecule has 0 radical (unpaired) electrons. The largest absolute Gasteiger partial charge is 0.298 e. The Bertz CT molecular complexity index is 606. The number of hydrogen-bond donors (Lipinski definition) is 0. The van der Waals surface area contributed by atoms with Gasteiger partial charge in [0.05, 0.1) is 15.6 Å². The molecule has 1 aromatic carbocycles. The molecule has 1 aromatic rings. The van der Waals surface area contributed by atoms with E-state index in [1.54, 1.807) is 0 Å². The molecule has 0 spiro atoms. The third kappa shape index (κ3) is 2.53. The van der Waals surface area contributed by atoms with E-state index in [0.29, 0.717) is 12.7 Å². The lowest BCUT2D eigenvalue weighted by molar-refractivity contribution is -0.133. The van der Waals surface area contributed by atoms with E-state index in [-0.39, 0.29) is 34.0 Å². The Morgan fingerprint density at radius 3 is 2.30 bits per heavy atom. The van der Waals surface area contributed by atoms with Gasteiger partial charge in [0.2, 0.25) is 0 Å². The second-order valence-electron chi connectivity index (χ2n) is 4.52. The highest BCUT2D eigenvalue weighted by Gasteiger charge is 2.37. The Morgan fingerprint density at radius 1 is 1.15 bits per heavy atom. The minimum Gasteiger partial charge on any atom is -0.298 e. The Kier molecular flexibility index (Phi) is 4.35. The lowest BCUT2D eigenvalue weighted by Crippen LogP contribution is -2.35. The maximum Gasteiger partial charge on any atom is 0.182 e. The number of ketones is 3. The van der Waals surface area contributed by atoms with Crippen molar-refractivity contribution < 1.29 is 19.2 Å². The van der Waals surface area contributed by atoms with Crippen LogP contribution >= 0.6 is 23.2 Å². The summed E-state index contributed by atoms with van der Waals surface area (Å²) in [5.74, 6) is -2.76. The Hall–Kier alpha value is -1.52. The van der Waals surface area contributed by atoms with Crippen LogP contribution in [0, 0.1) is 5.92 Å². The maximum absolute atomic E-state index is 12.3. The molecule has 1 aliphatic carbocycles. The maximum atomic E-state index is 12.3.